The van der Waals surface area contributed by atoms with E-state index in [0.29, 0.717) is 25.1 Å². The molecule has 15 unspecified atom stereocenters. The average molecular weight is 1820 g/mol. The third-order valence-corrected chi connectivity index (χ3v) is 25.6. The van der Waals surface area contributed by atoms with Crippen LogP contribution in [0.4, 0.5) is 0 Å². The molecule has 0 aromatic carbocycles. The lowest BCUT2D eigenvalue weighted by Gasteiger charge is -2.37. The van der Waals surface area contributed by atoms with E-state index in [0.717, 1.165) is 29.8 Å². The third-order valence-electron chi connectivity index (χ3n) is 20.3. The van der Waals surface area contributed by atoms with Crippen molar-refractivity contribution in [3.8, 4) is 0 Å². The summed E-state index contributed by atoms with van der Waals surface area (Å²) in [4.78, 5) is 10.8. The molecular weight excluding hydrogens is 1690 g/mol. The van der Waals surface area contributed by atoms with Gasteiger partial charge in [-0.25, -0.2) is 0 Å². The molecule has 0 amide bonds. The smallest absolute Gasteiger partial charge is 0.303 e. The Kier molecular flexibility index (Phi) is 33.7. The van der Waals surface area contributed by atoms with Crippen molar-refractivity contribution in [1.29, 1.82) is 0 Å². The fourth-order valence-corrected chi connectivity index (χ4v) is 20.8. The molecule has 0 radical (unpaired) electrons. The Morgan fingerprint density at radius 2 is 0.849 bits per heavy atom. The molecule has 40 nitrogen and oxygen atoms in total. The van der Waals surface area contributed by atoms with E-state index in [9.17, 15) is 42.1 Å². The topological polar surface area (TPSA) is 518 Å². The number of aliphatic hydroxyl groups excluding tert-OH is 10. The zero-order chi connectivity index (χ0) is 88.9. The van der Waals surface area contributed by atoms with Gasteiger partial charge in [-0.15, -0.1) is 11.8 Å². The quantitative estimate of drug-likeness (QED) is 0.0720. The highest BCUT2D eigenvalue weighted by Crippen LogP contribution is 2.48. The van der Waals surface area contributed by atoms with Gasteiger partial charge in [0.15, 0.2) is 75.9 Å². The van der Waals surface area contributed by atoms with E-state index in [-0.39, 0.29) is 104 Å². The SMILES string of the molecule is CC(=O)OC1SC[C@@H]2OC(C)(C)OC12.CC1(C)OC2[C@H](C(O)CO)SC[C@@H]2O1.CC1(C)OCC([C@@H](O)[C@H]2OC(C)(C)OC2CO)O1.CC1(C)OCC([C@@H](OS(C)(=O)=O)[C@H]2OC(C)(C)OC2COS(C)(=O)=O)O1.CC1(C)OCC([C@@H]2SC[C@@H]3OC(C)(C)OC23)O1.CC1(C)OCC([C@H]2OC(O)C3OC(C)(C)O[C@@H]32)O1.OCC1O[C@@H](O)C(O)[C@H](O)[C@@H]1O. The molecule has 15 aliphatic rings. The minimum Gasteiger partial charge on any atom is -0.449 e. The Labute approximate surface area is 708 Å². The second-order valence-electron chi connectivity index (χ2n) is 35.5. The summed E-state index contributed by atoms with van der Waals surface area (Å²) in [5.41, 5.74) is -0.209. The predicted octanol–water partition coefficient (Wildman–Crippen LogP) is 0.0350. The minimum atomic E-state index is -3.87. The highest BCUT2D eigenvalue weighted by atomic mass is 32.2. The Balaban J connectivity index is 0.000000160. The molecule has 696 valence electrons. The first-order chi connectivity index (χ1) is 54.5. The van der Waals surface area contributed by atoms with E-state index >= 15 is 0 Å². The van der Waals surface area contributed by atoms with Crippen LogP contribution in [0.3, 0.4) is 0 Å². The van der Waals surface area contributed by atoms with E-state index in [1.165, 1.54) is 6.92 Å². The van der Waals surface area contributed by atoms with Crippen LogP contribution in [0.15, 0.2) is 0 Å². The van der Waals surface area contributed by atoms with Gasteiger partial charge in [-0.3, -0.25) is 13.2 Å². The third kappa shape index (κ3) is 28.0. The summed E-state index contributed by atoms with van der Waals surface area (Å²) in [5.74, 6) is -4.48. The monoisotopic (exact) mass is 1820 g/mol. The summed E-state index contributed by atoms with van der Waals surface area (Å²) in [6.45, 7) is 38.0. The summed E-state index contributed by atoms with van der Waals surface area (Å²) >= 11 is 5.06. The number of carbonyl (C=O) groups excluding carboxylic acids is 1. The number of aliphatic hydroxyl groups is 10. The van der Waals surface area contributed by atoms with Gasteiger partial charge in [0.05, 0.1) is 100 Å². The molecule has 45 heteroatoms. The number of carbonyl (C=O) groups is 1. The maximum atomic E-state index is 11.8. The normalized spacial score (nSPS) is 42.0. The summed E-state index contributed by atoms with van der Waals surface area (Å²) in [5, 5.41) is 92.8. The first-order valence-corrected chi connectivity index (χ1v) is 46.4. The molecule has 119 heavy (non-hydrogen) atoms. The van der Waals surface area contributed by atoms with Gasteiger partial charge in [0.2, 0.25) is 0 Å². The standard InChI is InChI=1S/C14H26O10S2.C12H20O6.C12H22O6.C12H20O4S.C9H16O4S.C9H14O4S.C6H12O6/c1-13(2)19-7-9(21-13)12(24-26(6,17)18)11-10(8-20-25(5,15)16)22-14(3,4)23-11;1-11(2)14-5-6(16-11)7-8-9(10(13)15-7)18-12(3,4)17-8;1-11(2)15-6-8(17-11)9(14)10-7(5-13)16-12(3,4)18-10;1-11(2)13-5-7(14-11)10-9-8(6-17-10)15-12(3,4)16-9;1-9(2)12-6-4-14-8(5(11)3-10)7(6)13-9;1-5(10)11-8-7-6(4-14-8)12-9(2,3)13-7;7-1-2-3(8)4(9)5(10)6(11)12-2/h9-12H,7-8H2,1-6H3;6-10,13H,5H2,1-4H3;7-10,13-14H,5-6H2,1-4H3;7-10H,5-6H2,1-4H3;5-8,10-11H,3-4H2,1-2H3;6-8H,4H2,1-3H3;2-11H,1H2/t9?,10?,11-,12+;6?,7-,8-,9?,10?;7?,8?,9-,10+;7?,8-,9?,10-;5?,6-,7?,8-;6-,7?,8?;2?,3-,4-,5?,6-/m0110001/s1. The van der Waals surface area contributed by atoms with Gasteiger partial charge in [-0.05, 0) is 138 Å². The van der Waals surface area contributed by atoms with Crippen molar-refractivity contribution in [2.45, 2.75) is 378 Å². The Hall–Kier alpha value is -0.940. The van der Waals surface area contributed by atoms with Crippen LogP contribution >= 0.6 is 35.3 Å². The zero-order valence-electron chi connectivity index (χ0n) is 71.8. The summed E-state index contributed by atoms with van der Waals surface area (Å²) in [7, 11) is -7.59. The van der Waals surface area contributed by atoms with Crippen LogP contribution in [0.5, 0.6) is 0 Å². The lowest BCUT2D eigenvalue weighted by Crippen LogP contribution is -2.58. The Morgan fingerprint density at radius 3 is 1.35 bits per heavy atom. The molecule has 15 saturated heterocycles. The number of fused-ring (bicyclic) bond motifs is 4. The van der Waals surface area contributed by atoms with E-state index in [2.05, 4.69) is 4.74 Å². The van der Waals surface area contributed by atoms with Crippen LogP contribution in [0.25, 0.3) is 0 Å². The molecular formula is C74H130O40S5. The van der Waals surface area contributed by atoms with Crippen molar-refractivity contribution in [2.24, 2.45) is 0 Å². The maximum absolute atomic E-state index is 11.8. The maximum Gasteiger partial charge on any atom is 0.303 e. The summed E-state index contributed by atoms with van der Waals surface area (Å²) in [6.07, 6.45) is -14.2. The van der Waals surface area contributed by atoms with Crippen molar-refractivity contribution in [1.82, 2.24) is 0 Å². The second kappa shape index (κ2) is 39.4. The van der Waals surface area contributed by atoms with Crippen molar-refractivity contribution in [3.63, 3.8) is 0 Å². The molecule has 0 saturated carbocycles. The Morgan fingerprint density at radius 1 is 0.412 bits per heavy atom. The molecule has 15 fully saturated rings. The van der Waals surface area contributed by atoms with E-state index in [1.54, 1.807) is 78.9 Å². The van der Waals surface area contributed by atoms with Crippen molar-refractivity contribution in [3.05, 3.63) is 0 Å². The minimum absolute atomic E-state index is 0.0550. The lowest BCUT2D eigenvalue weighted by molar-refractivity contribution is -0.286. The second-order valence-corrected chi connectivity index (χ2v) is 42.3. The number of hydrogen-bond acceptors (Lipinski definition) is 43. The molecule has 15 aliphatic heterocycles. The number of esters is 1. The van der Waals surface area contributed by atoms with Gasteiger partial charge in [0.25, 0.3) is 20.2 Å². The molecule has 15 heterocycles. The fraction of sp³-hybridized carbons (Fsp3) is 0.986. The number of rotatable bonds is 16. The van der Waals surface area contributed by atoms with E-state index < -0.39 is 183 Å². The first kappa shape index (κ1) is 102. The van der Waals surface area contributed by atoms with Gasteiger partial charge in [0.1, 0.15) is 122 Å². The number of thioether (sulfide) groups is 3. The molecule has 0 spiro atoms. The first-order valence-electron chi connectivity index (χ1n) is 39.6. The van der Waals surface area contributed by atoms with E-state index in [1.807, 2.05) is 94.8 Å². The van der Waals surface area contributed by atoms with Crippen LogP contribution in [-0.4, -0.2) is 389 Å². The van der Waals surface area contributed by atoms with Crippen molar-refractivity contribution in [2.75, 3.05) is 82.6 Å². The lowest BCUT2D eigenvalue weighted by atomic mass is 10.00. The molecule has 10 N–H and O–H groups in total. The summed E-state index contributed by atoms with van der Waals surface area (Å²) < 4.78 is 185. The molecule has 0 aliphatic carbocycles. The molecule has 0 bridgehead atoms. The van der Waals surface area contributed by atoms with Gasteiger partial charge in [-0.1, -0.05) is 0 Å². The van der Waals surface area contributed by atoms with Crippen LogP contribution in [0, 0.1) is 0 Å². The molecule has 0 aromatic rings. The Bertz CT molecular complexity index is 3490. The van der Waals surface area contributed by atoms with Crippen LogP contribution < -0.4 is 0 Å². The zero-order valence-corrected chi connectivity index (χ0v) is 75.9. The van der Waals surface area contributed by atoms with Gasteiger partial charge in [0, 0.05) is 24.2 Å². The number of ether oxygens (including phenoxy) is 23. The largest absolute Gasteiger partial charge is 0.449 e. The highest BCUT2D eigenvalue weighted by Gasteiger charge is 2.61. The average Bonchev–Trinajstić information content (AvgIpc) is 1.60. The van der Waals surface area contributed by atoms with Gasteiger partial charge >= 0.3 is 5.97 Å². The summed E-state index contributed by atoms with van der Waals surface area (Å²) in [6, 6.07) is 0. The highest BCUT2D eigenvalue weighted by molar-refractivity contribution is 8.00. The van der Waals surface area contributed by atoms with Crippen molar-refractivity contribution < 1.29 is 190 Å². The van der Waals surface area contributed by atoms with Gasteiger partial charge in [-0.2, -0.15) is 40.4 Å². The molecule has 0 aromatic heterocycles. The van der Waals surface area contributed by atoms with Crippen LogP contribution in [0.2, 0.25) is 0 Å². The van der Waals surface area contributed by atoms with Crippen LogP contribution in [-0.2, 0) is 142 Å². The van der Waals surface area contributed by atoms with Gasteiger partial charge < -0.3 is 160 Å². The molecule has 15 rings (SSSR count). The molecule has 29 atom stereocenters. The fourth-order valence-electron chi connectivity index (χ4n) is 15.7. The van der Waals surface area contributed by atoms with Crippen molar-refractivity contribution >= 4 is 61.5 Å². The van der Waals surface area contributed by atoms with Crippen LogP contribution in [0.1, 0.15) is 145 Å². The predicted molar refractivity (Wildman–Crippen MR) is 417 cm³/mol. The van der Waals surface area contributed by atoms with E-state index in [4.69, 9.17) is 143 Å². The number of hydrogen-bond donors (Lipinski definition) is 10.